The number of ketones is 1. The van der Waals surface area contributed by atoms with Crippen LogP contribution < -0.4 is 0 Å². The number of aryl methyl sites for hydroxylation is 1. The average Bonchev–Trinajstić information content (AvgIpc) is 2.48. The number of rotatable bonds is 5. The van der Waals surface area contributed by atoms with Gasteiger partial charge in [0.15, 0.2) is 5.78 Å². The Morgan fingerprint density at radius 1 is 1.10 bits per heavy atom. The van der Waals surface area contributed by atoms with Crippen LogP contribution in [0.5, 0.6) is 0 Å². The maximum atomic E-state index is 12.2. The van der Waals surface area contributed by atoms with Gasteiger partial charge in [0.1, 0.15) is 0 Å². The standard InChI is InChI=1S/C16H14Cl2OS/c1-20-12-8-5-11(6-9-12)7-10-15(19)13-3-2-4-14(17)16(13)18/h2-6,8-9H,7,10H2,1H3. The molecule has 104 valence electrons. The fourth-order valence-corrected chi connectivity index (χ4v) is 2.72. The largest absolute Gasteiger partial charge is 0.294 e. The minimum atomic E-state index is 0.0199. The van der Waals surface area contributed by atoms with Crippen molar-refractivity contribution in [2.45, 2.75) is 17.7 Å². The van der Waals surface area contributed by atoms with Gasteiger partial charge in [0.05, 0.1) is 10.0 Å². The van der Waals surface area contributed by atoms with Crippen LogP contribution in [0.4, 0.5) is 0 Å². The van der Waals surface area contributed by atoms with E-state index in [0.717, 1.165) is 5.56 Å². The molecule has 0 spiro atoms. The molecule has 0 amide bonds. The molecule has 0 bridgehead atoms. The summed E-state index contributed by atoms with van der Waals surface area (Å²) in [6.07, 6.45) is 3.18. The first-order valence-electron chi connectivity index (χ1n) is 6.22. The van der Waals surface area contributed by atoms with Gasteiger partial charge < -0.3 is 0 Å². The summed E-state index contributed by atoms with van der Waals surface area (Å²) in [5.74, 6) is 0.0199. The van der Waals surface area contributed by atoms with Crippen molar-refractivity contribution in [2.24, 2.45) is 0 Å². The number of carbonyl (C=O) groups excluding carboxylic acids is 1. The number of carbonyl (C=O) groups is 1. The van der Waals surface area contributed by atoms with Gasteiger partial charge in [-0.3, -0.25) is 4.79 Å². The molecule has 0 saturated heterocycles. The minimum Gasteiger partial charge on any atom is -0.294 e. The van der Waals surface area contributed by atoms with Gasteiger partial charge in [-0.25, -0.2) is 0 Å². The zero-order chi connectivity index (χ0) is 14.5. The monoisotopic (exact) mass is 324 g/mol. The zero-order valence-corrected chi connectivity index (χ0v) is 13.4. The fourth-order valence-electron chi connectivity index (χ4n) is 1.90. The summed E-state index contributed by atoms with van der Waals surface area (Å²) in [5, 5.41) is 0.763. The maximum absolute atomic E-state index is 12.2. The lowest BCUT2D eigenvalue weighted by Gasteiger charge is -2.05. The summed E-state index contributed by atoms with van der Waals surface area (Å²) < 4.78 is 0. The highest BCUT2D eigenvalue weighted by Crippen LogP contribution is 2.26. The normalized spacial score (nSPS) is 10.6. The van der Waals surface area contributed by atoms with Crippen molar-refractivity contribution in [3.63, 3.8) is 0 Å². The molecule has 0 aliphatic heterocycles. The summed E-state index contributed by atoms with van der Waals surface area (Å²) in [6.45, 7) is 0. The Hall–Kier alpha value is -0.960. The molecule has 0 saturated carbocycles. The number of halogens is 2. The number of thioether (sulfide) groups is 1. The number of hydrogen-bond donors (Lipinski definition) is 0. The van der Waals surface area contributed by atoms with Gasteiger partial charge in [0, 0.05) is 16.9 Å². The topological polar surface area (TPSA) is 17.1 Å². The van der Waals surface area contributed by atoms with E-state index >= 15 is 0 Å². The molecule has 4 heteroatoms. The lowest BCUT2D eigenvalue weighted by atomic mass is 10.0. The number of hydrogen-bond acceptors (Lipinski definition) is 2. The highest BCUT2D eigenvalue weighted by atomic mass is 35.5. The van der Waals surface area contributed by atoms with Crippen LogP contribution in [-0.4, -0.2) is 12.0 Å². The third-order valence-electron chi connectivity index (χ3n) is 3.05. The number of benzene rings is 2. The van der Waals surface area contributed by atoms with Gasteiger partial charge in [-0.1, -0.05) is 41.4 Å². The predicted molar refractivity (Wildman–Crippen MR) is 87.3 cm³/mol. The Labute approximate surface area is 133 Å². The van der Waals surface area contributed by atoms with Crippen LogP contribution in [0.15, 0.2) is 47.4 Å². The highest BCUT2D eigenvalue weighted by Gasteiger charge is 2.12. The molecule has 2 rings (SSSR count). The molecular formula is C16H14Cl2OS. The SMILES string of the molecule is CSc1ccc(CCC(=O)c2cccc(Cl)c2Cl)cc1. The second-order valence-electron chi connectivity index (χ2n) is 4.37. The van der Waals surface area contributed by atoms with E-state index in [1.165, 1.54) is 4.90 Å². The van der Waals surface area contributed by atoms with Gasteiger partial charge in [-0.2, -0.15) is 0 Å². The Morgan fingerprint density at radius 3 is 2.45 bits per heavy atom. The molecule has 0 aliphatic rings. The third kappa shape index (κ3) is 3.78. The molecule has 2 aromatic rings. The van der Waals surface area contributed by atoms with Crippen LogP contribution in [-0.2, 0) is 6.42 Å². The maximum Gasteiger partial charge on any atom is 0.164 e. The molecule has 1 nitrogen and oxygen atoms in total. The van der Waals surface area contributed by atoms with Crippen molar-refractivity contribution in [2.75, 3.05) is 6.26 Å². The summed E-state index contributed by atoms with van der Waals surface area (Å²) in [5.41, 5.74) is 1.65. The summed E-state index contributed by atoms with van der Waals surface area (Å²) in [4.78, 5) is 13.4. The first kappa shape index (κ1) is 15.4. The predicted octanol–water partition coefficient (Wildman–Crippen LogP) is 5.53. The summed E-state index contributed by atoms with van der Waals surface area (Å²) in [6, 6.07) is 13.4. The number of Topliss-reactive ketones (excluding diaryl/α,β-unsaturated/α-hetero) is 1. The third-order valence-corrected chi connectivity index (χ3v) is 4.61. The van der Waals surface area contributed by atoms with Crippen molar-refractivity contribution in [3.05, 3.63) is 63.6 Å². The van der Waals surface area contributed by atoms with Crippen LogP contribution in [0.2, 0.25) is 10.0 Å². The van der Waals surface area contributed by atoms with Gasteiger partial charge in [0.25, 0.3) is 0 Å². The molecule has 0 fully saturated rings. The lowest BCUT2D eigenvalue weighted by molar-refractivity contribution is 0.0983. The van der Waals surface area contributed by atoms with Crippen LogP contribution in [0.25, 0.3) is 0 Å². The first-order valence-corrected chi connectivity index (χ1v) is 8.20. The molecule has 0 aromatic heterocycles. The molecular weight excluding hydrogens is 311 g/mol. The smallest absolute Gasteiger partial charge is 0.164 e. The molecule has 0 heterocycles. The quantitative estimate of drug-likeness (QED) is 0.531. The van der Waals surface area contributed by atoms with Crippen LogP contribution in [0.3, 0.4) is 0 Å². The van der Waals surface area contributed by atoms with Crippen molar-refractivity contribution in [1.82, 2.24) is 0 Å². The minimum absolute atomic E-state index is 0.0199. The van der Waals surface area contributed by atoms with Crippen molar-refractivity contribution in [3.8, 4) is 0 Å². The summed E-state index contributed by atoms with van der Waals surface area (Å²) >= 11 is 13.7. The van der Waals surface area contributed by atoms with E-state index in [9.17, 15) is 4.79 Å². The lowest BCUT2D eigenvalue weighted by Crippen LogP contribution is -2.02. The van der Waals surface area contributed by atoms with E-state index in [1.807, 2.05) is 6.26 Å². The van der Waals surface area contributed by atoms with E-state index in [0.29, 0.717) is 28.5 Å². The second kappa shape index (κ2) is 7.16. The Balaban J connectivity index is 2.02. The van der Waals surface area contributed by atoms with Gasteiger partial charge in [0.2, 0.25) is 0 Å². The van der Waals surface area contributed by atoms with Gasteiger partial charge in [-0.05, 0) is 42.5 Å². The Bertz CT molecular complexity index is 608. The van der Waals surface area contributed by atoms with Crippen LogP contribution in [0.1, 0.15) is 22.3 Å². The molecule has 0 unspecified atom stereocenters. The summed E-state index contributed by atoms with van der Waals surface area (Å²) in [7, 11) is 0. The van der Waals surface area contributed by atoms with Crippen molar-refractivity contribution < 1.29 is 4.79 Å². The van der Waals surface area contributed by atoms with Crippen molar-refractivity contribution in [1.29, 1.82) is 0 Å². The van der Waals surface area contributed by atoms with E-state index in [1.54, 1.807) is 30.0 Å². The fraction of sp³-hybridized carbons (Fsp3) is 0.188. The molecule has 0 atom stereocenters. The highest BCUT2D eigenvalue weighted by molar-refractivity contribution is 7.98. The second-order valence-corrected chi connectivity index (χ2v) is 6.04. The van der Waals surface area contributed by atoms with Crippen molar-refractivity contribution >= 4 is 40.7 Å². The zero-order valence-electron chi connectivity index (χ0n) is 11.0. The van der Waals surface area contributed by atoms with Gasteiger partial charge in [-0.15, -0.1) is 11.8 Å². The van der Waals surface area contributed by atoms with E-state index in [-0.39, 0.29) is 5.78 Å². The van der Waals surface area contributed by atoms with E-state index in [4.69, 9.17) is 23.2 Å². The first-order chi connectivity index (χ1) is 9.61. The molecule has 0 aliphatic carbocycles. The van der Waals surface area contributed by atoms with Crippen LogP contribution >= 0.6 is 35.0 Å². The molecule has 0 N–H and O–H groups in total. The molecule has 20 heavy (non-hydrogen) atoms. The Morgan fingerprint density at radius 2 is 1.80 bits per heavy atom. The molecule has 2 aromatic carbocycles. The van der Waals surface area contributed by atoms with E-state index < -0.39 is 0 Å². The van der Waals surface area contributed by atoms with Gasteiger partial charge >= 0.3 is 0 Å². The molecule has 0 radical (unpaired) electrons. The average molecular weight is 325 g/mol. The van der Waals surface area contributed by atoms with Crippen LogP contribution in [0, 0.1) is 0 Å². The Kier molecular flexibility index (Phi) is 5.53. The van der Waals surface area contributed by atoms with E-state index in [2.05, 4.69) is 24.3 Å².